The van der Waals surface area contributed by atoms with Gasteiger partial charge in [-0.15, -0.1) is 0 Å². The van der Waals surface area contributed by atoms with Gasteiger partial charge in [0.15, 0.2) is 0 Å². The van der Waals surface area contributed by atoms with E-state index in [9.17, 15) is 0 Å². The molecule has 1 aliphatic rings. The molecule has 1 heteroatoms. The van der Waals surface area contributed by atoms with Gasteiger partial charge in [-0.2, -0.15) is 0 Å². The average molecular weight is 223 g/mol. The third-order valence-electron chi connectivity index (χ3n) is 3.93. The maximum absolute atomic E-state index is 3.45. The Labute approximate surface area is 102 Å². The standard InChI is InChI=1S/C16H17N/c1-16(17-2)11-5-8-14-13-7-4-3-6-12(13)9-10-15(14)16/h3-10,17H,11H2,1-2H3. The zero-order valence-corrected chi connectivity index (χ0v) is 10.3. The molecular formula is C16H17N. The van der Waals surface area contributed by atoms with Gasteiger partial charge in [0.1, 0.15) is 0 Å². The van der Waals surface area contributed by atoms with Crippen LogP contribution in [0.15, 0.2) is 42.5 Å². The summed E-state index contributed by atoms with van der Waals surface area (Å²) in [4.78, 5) is 0. The topological polar surface area (TPSA) is 12.0 Å². The summed E-state index contributed by atoms with van der Waals surface area (Å²) in [6, 6.07) is 13.1. The quantitative estimate of drug-likeness (QED) is 0.777. The van der Waals surface area contributed by atoms with E-state index in [4.69, 9.17) is 0 Å². The van der Waals surface area contributed by atoms with Crippen LogP contribution in [0.3, 0.4) is 0 Å². The van der Waals surface area contributed by atoms with Gasteiger partial charge in [-0.05, 0) is 42.3 Å². The summed E-state index contributed by atoms with van der Waals surface area (Å²) < 4.78 is 0. The highest BCUT2D eigenvalue weighted by Gasteiger charge is 2.28. The summed E-state index contributed by atoms with van der Waals surface area (Å²) in [6.07, 6.45) is 5.58. The number of benzene rings is 2. The summed E-state index contributed by atoms with van der Waals surface area (Å²) in [7, 11) is 2.04. The largest absolute Gasteiger partial charge is 0.310 e. The number of hydrogen-bond acceptors (Lipinski definition) is 1. The Kier molecular flexibility index (Phi) is 2.30. The summed E-state index contributed by atoms with van der Waals surface area (Å²) in [5.41, 5.74) is 2.83. The first-order valence-electron chi connectivity index (χ1n) is 6.12. The smallest absolute Gasteiger partial charge is 0.0444 e. The lowest BCUT2D eigenvalue weighted by atomic mass is 9.80. The molecule has 86 valence electrons. The molecule has 0 fully saturated rings. The summed E-state index contributed by atoms with van der Waals surface area (Å²) >= 11 is 0. The minimum atomic E-state index is 0.0636. The Bertz CT molecular complexity index is 597. The number of hydrogen-bond donors (Lipinski definition) is 1. The van der Waals surface area contributed by atoms with Crippen LogP contribution in [0.2, 0.25) is 0 Å². The second-order valence-electron chi connectivity index (χ2n) is 4.94. The molecule has 0 amide bonds. The molecule has 0 saturated carbocycles. The Morgan fingerprint density at radius 2 is 1.94 bits per heavy atom. The van der Waals surface area contributed by atoms with Crippen molar-refractivity contribution in [2.24, 2.45) is 0 Å². The lowest BCUT2D eigenvalue weighted by Crippen LogP contribution is -2.38. The van der Waals surface area contributed by atoms with Gasteiger partial charge in [-0.1, -0.05) is 48.6 Å². The molecule has 1 nitrogen and oxygen atoms in total. The molecule has 0 aliphatic heterocycles. The summed E-state index contributed by atoms with van der Waals surface area (Å²) in [6.45, 7) is 2.27. The first-order chi connectivity index (χ1) is 8.24. The predicted molar refractivity (Wildman–Crippen MR) is 74.0 cm³/mol. The molecule has 1 unspecified atom stereocenters. The molecule has 0 saturated heterocycles. The number of fused-ring (bicyclic) bond motifs is 3. The van der Waals surface area contributed by atoms with E-state index >= 15 is 0 Å². The third-order valence-corrected chi connectivity index (χ3v) is 3.93. The van der Waals surface area contributed by atoms with Crippen LogP contribution >= 0.6 is 0 Å². The van der Waals surface area contributed by atoms with Crippen LogP contribution in [0.4, 0.5) is 0 Å². The SMILES string of the molecule is CNC1(C)CC=Cc2c1ccc1ccccc21. The first kappa shape index (κ1) is 10.5. The highest BCUT2D eigenvalue weighted by atomic mass is 14.9. The first-order valence-corrected chi connectivity index (χ1v) is 6.12. The van der Waals surface area contributed by atoms with Gasteiger partial charge >= 0.3 is 0 Å². The van der Waals surface area contributed by atoms with Crippen molar-refractivity contribution in [1.82, 2.24) is 5.32 Å². The van der Waals surface area contributed by atoms with Crippen LogP contribution in [0.1, 0.15) is 24.5 Å². The van der Waals surface area contributed by atoms with Crippen molar-refractivity contribution in [2.45, 2.75) is 18.9 Å². The molecule has 3 rings (SSSR count). The van der Waals surface area contributed by atoms with Crippen LogP contribution in [0.25, 0.3) is 16.8 Å². The van der Waals surface area contributed by atoms with E-state index < -0.39 is 0 Å². The molecule has 0 radical (unpaired) electrons. The monoisotopic (exact) mass is 223 g/mol. The summed E-state index contributed by atoms with van der Waals surface area (Å²) in [5.74, 6) is 0. The molecule has 1 atom stereocenters. The fraction of sp³-hybridized carbons (Fsp3) is 0.250. The molecular weight excluding hydrogens is 206 g/mol. The fourth-order valence-corrected chi connectivity index (χ4v) is 2.72. The van der Waals surface area contributed by atoms with Crippen LogP contribution in [0, 0.1) is 0 Å². The lowest BCUT2D eigenvalue weighted by molar-refractivity contribution is 0.402. The van der Waals surface area contributed by atoms with Gasteiger partial charge in [0.05, 0.1) is 0 Å². The number of nitrogens with one attached hydrogen (secondary N) is 1. The zero-order chi connectivity index (χ0) is 11.9. The molecule has 0 bridgehead atoms. The molecule has 17 heavy (non-hydrogen) atoms. The van der Waals surface area contributed by atoms with Gasteiger partial charge in [0, 0.05) is 5.54 Å². The van der Waals surface area contributed by atoms with Gasteiger partial charge in [0.25, 0.3) is 0 Å². The number of rotatable bonds is 1. The van der Waals surface area contributed by atoms with E-state index in [0.717, 1.165) is 6.42 Å². The van der Waals surface area contributed by atoms with Crippen LogP contribution < -0.4 is 5.32 Å². The Hall–Kier alpha value is -1.60. The average Bonchev–Trinajstić information content (AvgIpc) is 2.39. The van der Waals surface area contributed by atoms with Crippen LogP contribution in [-0.4, -0.2) is 7.05 Å². The van der Waals surface area contributed by atoms with Gasteiger partial charge in [0.2, 0.25) is 0 Å². The van der Waals surface area contributed by atoms with Crippen molar-refractivity contribution >= 4 is 16.8 Å². The maximum Gasteiger partial charge on any atom is 0.0444 e. The second-order valence-corrected chi connectivity index (χ2v) is 4.94. The Balaban J connectivity index is 2.35. The Morgan fingerprint density at radius 3 is 2.76 bits per heavy atom. The minimum Gasteiger partial charge on any atom is -0.310 e. The molecule has 2 aromatic rings. The molecule has 1 N–H and O–H groups in total. The van der Waals surface area contributed by atoms with Crippen molar-refractivity contribution in [2.75, 3.05) is 7.05 Å². The van der Waals surface area contributed by atoms with E-state index in [0.29, 0.717) is 0 Å². The zero-order valence-electron chi connectivity index (χ0n) is 10.3. The van der Waals surface area contributed by atoms with Crippen molar-refractivity contribution < 1.29 is 0 Å². The molecule has 0 aromatic heterocycles. The summed E-state index contributed by atoms with van der Waals surface area (Å²) in [5, 5.41) is 6.12. The normalized spacial score (nSPS) is 22.7. The van der Waals surface area contributed by atoms with Crippen LogP contribution in [-0.2, 0) is 5.54 Å². The van der Waals surface area contributed by atoms with E-state index in [1.807, 2.05) is 7.05 Å². The Morgan fingerprint density at radius 1 is 1.12 bits per heavy atom. The van der Waals surface area contributed by atoms with Gasteiger partial charge in [-0.3, -0.25) is 0 Å². The van der Waals surface area contributed by atoms with Gasteiger partial charge < -0.3 is 5.32 Å². The van der Waals surface area contributed by atoms with Gasteiger partial charge in [-0.25, -0.2) is 0 Å². The van der Waals surface area contributed by atoms with E-state index in [1.54, 1.807) is 0 Å². The molecule has 2 aromatic carbocycles. The lowest BCUT2D eigenvalue weighted by Gasteiger charge is -2.33. The van der Waals surface area contributed by atoms with Crippen LogP contribution in [0.5, 0.6) is 0 Å². The third kappa shape index (κ3) is 1.50. The molecule has 0 heterocycles. The van der Waals surface area contributed by atoms with E-state index in [1.165, 1.54) is 21.9 Å². The maximum atomic E-state index is 3.45. The minimum absolute atomic E-state index is 0.0636. The highest BCUT2D eigenvalue weighted by Crippen LogP contribution is 2.36. The highest BCUT2D eigenvalue weighted by molar-refractivity contribution is 5.92. The molecule has 1 aliphatic carbocycles. The van der Waals surface area contributed by atoms with E-state index in [2.05, 4.69) is 60.8 Å². The van der Waals surface area contributed by atoms with Crippen molar-refractivity contribution in [3.8, 4) is 0 Å². The van der Waals surface area contributed by atoms with Crippen molar-refractivity contribution in [1.29, 1.82) is 0 Å². The van der Waals surface area contributed by atoms with Crippen molar-refractivity contribution in [3.05, 3.63) is 53.6 Å². The second kappa shape index (κ2) is 3.71. The fourth-order valence-electron chi connectivity index (χ4n) is 2.72. The van der Waals surface area contributed by atoms with E-state index in [-0.39, 0.29) is 5.54 Å². The predicted octanol–water partition coefficient (Wildman–Crippen LogP) is 3.69. The van der Waals surface area contributed by atoms with Crippen molar-refractivity contribution in [3.63, 3.8) is 0 Å². The molecule has 0 spiro atoms.